The summed E-state index contributed by atoms with van der Waals surface area (Å²) in [4.78, 5) is 3.93. The van der Waals surface area contributed by atoms with Gasteiger partial charge in [0.05, 0.1) is 0 Å². The lowest BCUT2D eigenvalue weighted by Gasteiger charge is -2.25. The number of thiophene rings is 1. The lowest BCUT2D eigenvalue weighted by molar-refractivity contribution is 0.249. The average molecular weight is 286 g/mol. The van der Waals surface area contributed by atoms with E-state index in [1.165, 1.54) is 21.7 Å². The van der Waals surface area contributed by atoms with Crippen molar-refractivity contribution in [1.82, 2.24) is 4.90 Å². The number of likely N-dealkylation sites (N-methyl/N-ethyl adjacent to an activating group) is 1. The minimum Gasteiger partial charge on any atom is -0.384 e. The summed E-state index contributed by atoms with van der Waals surface area (Å²) in [6.07, 6.45) is 2.30. The molecule has 1 unspecified atom stereocenters. The van der Waals surface area contributed by atoms with Crippen LogP contribution in [0.4, 0.5) is 5.69 Å². The van der Waals surface area contributed by atoms with Crippen LogP contribution in [-0.2, 0) is 19.4 Å². The van der Waals surface area contributed by atoms with Gasteiger partial charge in [-0.15, -0.1) is 11.3 Å². The van der Waals surface area contributed by atoms with Gasteiger partial charge in [0.25, 0.3) is 0 Å². The normalized spacial score (nSPS) is 15.2. The van der Waals surface area contributed by atoms with Gasteiger partial charge in [0.15, 0.2) is 0 Å². The number of hydrogen-bond donors (Lipinski definition) is 1. The number of nitrogens with one attached hydrogen (secondary N) is 1. The van der Waals surface area contributed by atoms with Gasteiger partial charge in [-0.05, 0) is 49.4 Å². The lowest BCUT2D eigenvalue weighted by atomic mass is 10.1. The van der Waals surface area contributed by atoms with Gasteiger partial charge in [0.1, 0.15) is 0 Å². The fourth-order valence-electron chi connectivity index (χ4n) is 2.84. The summed E-state index contributed by atoms with van der Waals surface area (Å²) in [5, 5.41) is 5.70. The molecule has 3 rings (SSSR count). The van der Waals surface area contributed by atoms with Crippen LogP contribution in [0.25, 0.3) is 0 Å². The maximum atomic E-state index is 3.53. The van der Waals surface area contributed by atoms with Crippen molar-refractivity contribution in [2.75, 3.05) is 18.9 Å². The first kappa shape index (κ1) is 13.7. The van der Waals surface area contributed by atoms with Crippen molar-refractivity contribution in [3.63, 3.8) is 0 Å². The number of hydrogen-bond acceptors (Lipinski definition) is 3. The van der Waals surface area contributed by atoms with Crippen LogP contribution in [0.3, 0.4) is 0 Å². The Morgan fingerprint density at radius 2 is 2.20 bits per heavy atom. The van der Waals surface area contributed by atoms with E-state index in [2.05, 4.69) is 59.9 Å². The number of para-hydroxylation sites is 1. The van der Waals surface area contributed by atoms with Gasteiger partial charge in [0.2, 0.25) is 0 Å². The number of benzene rings is 1. The van der Waals surface area contributed by atoms with Gasteiger partial charge in [-0.2, -0.15) is 0 Å². The molecule has 1 aliphatic rings. The molecule has 2 aromatic rings. The molecule has 1 N–H and O–H groups in total. The lowest BCUT2D eigenvalue weighted by Crippen LogP contribution is -2.30. The maximum Gasteiger partial charge on any atom is 0.0419 e. The van der Waals surface area contributed by atoms with Crippen LogP contribution in [0.2, 0.25) is 0 Å². The summed E-state index contributed by atoms with van der Waals surface area (Å²) in [7, 11) is 2.23. The van der Waals surface area contributed by atoms with Crippen molar-refractivity contribution < 1.29 is 0 Å². The Kier molecular flexibility index (Phi) is 4.08. The summed E-state index contributed by atoms with van der Waals surface area (Å²) in [6.45, 7) is 4.42. The van der Waals surface area contributed by atoms with Crippen LogP contribution in [0.5, 0.6) is 0 Å². The Morgan fingerprint density at radius 3 is 3.00 bits per heavy atom. The molecule has 1 aliphatic heterocycles. The molecule has 0 saturated heterocycles. The molecule has 0 amide bonds. The Morgan fingerprint density at radius 1 is 1.30 bits per heavy atom. The van der Waals surface area contributed by atoms with Gasteiger partial charge in [-0.1, -0.05) is 24.3 Å². The van der Waals surface area contributed by atoms with Crippen LogP contribution in [0, 0.1) is 0 Å². The van der Waals surface area contributed by atoms with E-state index >= 15 is 0 Å². The van der Waals surface area contributed by atoms with Crippen molar-refractivity contribution in [3.8, 4) is 0 Å². The molecule has 3 heteroatoms. The molecule has 0 fully saturated rings. The molecule has 1 aromatic carbocycles. The van der Waals surface area contributed by atoms with Crippen LogP contribution in [0.1, 0.15) is 22.9 Å². The van der Waals surface area contributed by atoms with Crippen molar-refractivity contribution in [3.05, 3.63) is 51.7 Å². The second-order valence-electron chi connectivity index (χ2n) is 5.68. The van der Waals surface area contributed by atoms with E-state index in [0.717, 1.165) is 25.9 Å². The summed E-state index contributed by atoms with van der Waals surface area (Å²) < 4.78 is 0. The highest BCUT2D eigenvalue weighted by atomic mass is 32.1. The van der Waals surface area contributed by atoms with Gasteiger partial charge in [-0.25, -0.2) is 0 Å². The molecule has 0 saturated carbocycles. The van der Waals surface area contributed by atoms with Gasteiger partial charge in [0, 0.05) is 29.7 Å². The smallest absolute Gasteiger partial charge is 0.0419 e. The largest absolute Gasteiger partial charge is 0.384 e. The molecular formula is C17H22N2S. The van der Waals surface area contributed by atoms with Gasteiger partial charge < -0.3 is 5.32 Å². The zero-order valence-electron chi connectivity index (χ0n) is 12.2. The Labute approximate surface area is 125 Å². The fraction of sp³-hybridized carbons (Fsp3) is 0.412. The van der Waals surface area contributed by atoms with Crippen molar-refractivity contribution >= 4 is 17.0 Å². The predicted octanol–water partition coefficient (Wildman–Crippen LogP) is 3.78. The van der Waals surface area contributed by atoms with E-state index in [9.17, 15) is 0 Å². The van der Waals surface area contributed by atoms with E-state index in [1.807, 2.05) is 11.3 Å². The molecule has 2 nitrogen and oxygen atoms in total. The molecule has 0 aliphatic carbocycles. The minimum atomic E-state index is 0.561. The summed E-state index contributed by atoms with van der Waals surface area (Å²) in [5.41, 5.74) is 4.28. The van der Waals surface area contributed by atoms with Crippen LogP contribution in [-0.4, -0.2) is 24.5 Å². The van der Waals surface area contributed by atoms with E-state index in [4.69, 9.17) is 0 Å². The first-order valence-corrected chi connectivity index (χ1v) is 8.19. The van der Waals surface area contributed by atoms with E-state index < -0.39 is 0 Å². The number of fused-ring (bicyclic) bond motifs is 1. The third-order valence-electron chi connectivity index (χ3n) is 4.18. The predicted molar refractivity (Wildman–Crippen MR) is 87.6 cm³/mol. The number of rotatable bonds is 5. The molecular weight excluding hydrogens is 264 g/mol. The second-order valence-corrected chi connectivity index (χ2v) is 6.71. The van der Waals surface area contributed by atoms with E-state index in [1.54, 1.807) is 0 Å². The Hall–Kier alpha value is -1.32. The molecule has 20 heavy (non-hydrogen) atoms. The van der Waals surface area contributed by atoms with Crippen molar-refractivity contribution in [2.45, 2.75) is 32.4 Å². The van der Waals surface area contributed by atoms with Crippen LogP contribution >= 0.6 is 11.3 Å². The molecule has 0 radical (unpaired) electrons. The zero-order chi connectivity index (χ0) is 13.9. The molecule has 0 bridgehead atoms. The van der Waals surface area contributed by atoms with E-state index in [0.29, 0.717) is 6.04 Å². The van der Waals surface area contributed by atoms with Gasteiger partial charge in [-0.3, -0.25) is 4.90 Å². The quantitative estimate of drug-likeness (QED) is 0.900. The van der Waals surface area contributed by atoms with Crippen molar-refractivity contribution in [2.24, 2.45) is 0 Å². The van der Waals surface area contributed by atoms with Gasteiger partial charge >= 0.3 is 0 Å². The molecule has 106 valence electrons. The van der Waals surface area contributed by atoms with Crippen LogP contribution in [0.15, 0.2) is 35.7 Å². The summed E-state index contributed by atoms with van der Waals surface area (Å²) in [5.74, 6) is 0. The molecule has 0 spiro atoms. The SMILES string of the molecule is CC(Cc1cccs1)N(C)Cc1cccc2c1NCC2. The zero-order valence-corrected chi connectivity index (χ0v) is 13.0. The number of anilines is 1. The first-order valence-electron chi connectivity index (χ1n) is 7.31. The Balaban J connectivity index is 1.67. The Bertz CT molecular complexity index is 562. The second kappa shape index (κ2) is 5.98. The number of nitrogens with zero attached hydrogens (tertiary/aromatic N) is 1. The third-order valence-corrected chi connectivity index (χ3v) is 5.08. The summed E-state index contributed by atoms with van der Waals surface area (Å²) in [6, 6.07) is 11.6. The monoisotopic (exact) mass is 286 g/mol. The first-order chi connectivity index (χ1) is 9.74. The highest BCUT2D eigenvalue weighted by molar-refractivity contribution is 7.09. The molecule has 1 atom stereocenters. The van der Waals surface area contributed by atoms with Crippen molar-refractivity contribution in [1.29, 1.82) is 0 Å². The molecule has 2 heterocycles. The minimum absolute atomic E-state index is 0.561. The van der Waals surface area contributed by atoms with Crippen LogP contribution < -0.4 is 5.32 Å². The third kappa shape index (κ3) is 2.89. The standard InChI is InChI=1S/C17H22N2S/c1-13(11-16-7-4-10-20-16)19(2)12-15-6-3-5-14-8-9-18-17(14)15/h3-7,10,13,18H,8-9,11-12H2,1-2H3. The summed E-state index contributed by atoms with van der Waals surface area (Å²) >= 11 is 1.86. The highest BCUT2D eigenvalue weighted by Crippen LogP contribution is 2.27. The topological polar surface area (TPSA) is 15.3 Å². The average Bonchev–Trinajstić information content (AvgIpc) is 3.09. The highest BCUT2D eigenvalue weighted by Gasteiger charge is 2.17. The van der Waals surface area contributed by atoms with E-state index in [-0.39, 0.29) is 0 Å². The fourth-order valence-corrected chi connectivity index (χ4v) is 3.67. The molecule has 1 aromatic heterocycles. The maximum absolute atomic E-state index is 3.53.